The highest BCUT2D eigenvalue weighted by atomic mass is 16.2. The Balaban J connectivity index is 1.23. The molecule has 2 bridgehead atoms. The number of hydrogen-bond acceptors (Lipinski definition) is 4. The molecule has 3 fully saturated rings. The number of benzene rings is 1. The van der Waals surface area contributed by atoms with Crippen molar-refractivity contribution in [1.82, 2.24) is 9.88 Å². The lowest BCUT2D eigenvalue weighted by Gasteiger charge is -2.37. The lowest BCUT2D eigenvalue weighted by Crippen LogP contribution is -2.40. The van der Waals surface area contributed by atoms with Gasteiger partial charge in [-0.15, -0.1) is 0 Å². The highest BCUT2D eigenvalue weighted by molar-refractivity contribution is 6.10. The van der Waals surface area contributed by atoms with Crippen molar-refractivity contribution in [3.63, 3.8) is 0 Å². The van der Waals surface area contributed by atoms with E-state index < -0.39 is 0 Å². The smallest absolute Gasteiger partial charge is 0.244 e. The van der Waals surface area contributed by atoms with Crippen molar-refractivity contribution in [2.75, 3.05) is 11.9 Å². The van der Waals surface area contributed by atoms with Gasteiger partial charge in [0.05, 0.1) is 23.0 Å². The van der Waals surface area contributed by atoms with Crippen LogP contribution in [0.3, 0.4) is 0 Å². The Morgan fingerprint density at radius 2 is 1.75 bits per heavy atom. The number of carbonyl (C=O) groups excluding carboxylic acids is 3. The number of likely N-dealkylation sites (tertiary alicyclic amines) is 1. The second-order valence-corrected chi connectivity index (χ2v) is 8.34. The van der Waals surface area contributed by atoms with E-state index in [-0.39, 0.29) is 47.9 Å². The highest BCUT2D eigenvalue weighted by Crippen LogP contribution is 2.65. The standard InChI is InChI=1S/C22H19N3O3/c26-18(24-17-5-1-4-16-13(17)3-2-8-23-16)10-25-21(27)19-11-6-7-12(15-9-14(11)15)20(19)22(25)28/h1-8,11-12,14-15,19-20H,9-10H2,(H,24,26)/t11-,12-,14-,15+,19+,20+/m0/s1. The van der Waals surface area contributed by atoms with Crippen molar-refractivity contribution in [2.24, 2.45) is 35.5 Å². The number of amides is 3. The molecule has 1 aromatic heterocycles. The molecule has 1 aromatic carbocycles. The largest absolute Gasteiger partial charge is 0.324 e. The minimum absolute atomic E-state index is 0.172. The summed E-state index contributed by atoms with van der Waals surface area (Å²) in [4.78, 5) is 44.1. The van der Waals surface area contributed by atoms with Crippen molar-refractivity contribution < 1.29 is 14.4 Å². The van der Waals surface area contributed by atoms with Crippen LogP contribution in [-0.4, -0.2) is 34.2 Å². The monoisotopic (exact) mass is 373 g/mol. The van der Waals surface area contributed by atoms with Gasteiger partial charge >= 0.3 is 0 Å². The highest BCUT2D eigenvalue weighted by Gasteiger charge is 2.67. The van der Waals surface area contributed by atoms with Crippen LogP contribution in [0.1, 0.15) is 6.42 Å². The van der Waals surface area contributed by atoms with Crippen LogP contribution >= 0.6 is 0 Å². The van der Waals surface area contributed by atoms with Gasteiger partial charge in [0, 0.05) is 11.6 Å². The maximum absolute atomic E-state index is 13.0. The van der Waals surface area contributed by atoms with Gasteiger partial charge in [-0.2, -0.15) is 0 Å². The first kappa shape index (κ1) is 16.0. The quantitative estimate of drug-likeness (QED) is 0.661. The molecular weight excluding hydrogens is 354 g/mol. The molecule has 28 heavy (non-hydrogen) atoms. The summed E-state index contributed by atoms with van der Waals surface area (Å²) < 4.78 is 0. The van der Waals surface area contributed by atoms with Crippen molar-refractivity contribution in [3.8, 4) is 0 Å². The summed E-state index contributed by atoms with van der Waals surface area (Å²) in [6.07, 6.45) is 7.10. The number of imide groups is 1. The van der Waals surface area contributed by atoms with Crippen LogP contribution in [0, 0.1) is 35.5 Å². The molecule has 140 valence electrons. The fourth-order valence-electron chi connectivity index (χ4n) is 5.72. The van der Waals surface area contributed by atoms with E-state index >= 15 is 0 Å². The zero-order valence-electron chi connectivity index (χ0n) is 15.1. The molecule has 7 rings (SSSR count). The van der Waals surface area contributed by atoms with E-state index in [4.69, 9.17) is 0 Å². The van der Waals surface area contributed by atoms with Crippen LogP contribution in [0.4, 0.5) is 5.69 Å². The number of pyridine rings is 1. The third-order valence-corrected chi connectivity index (χ3v) is 6.98. The third-order valence-electron chi connectivity index (χ3n) is 6.98. The Morgan fingerprint density at radius 3 is 2.46 bits per heavy atom. The fraction of sp³-hybridized carbons (Fsp3) is 0.364. The van der Waals surface area contributed by atoms with Crippen molar-refractivity contribution in [3.05, 3.63) is 48.7 Å². The zero-order valence-corrected chi connectivity index (χ0v) is 15.1. The molecule has 4 aliphatic carbocycles. The Bertz CT molecular complexity index is 1040. The normalized spacial score (nSPS) is 34.5. The molecular formula is C22H19N3O3. The first-order chi connectivity index (χ1) is 13.6. The van der Waals surface area contributed by atoms with Gasteiger partial charge in [-0.25, -0.2) is 0 Å². The molecule has 1 N–H and O–H groups in total. The molecule has 0 spiro atoms. The zero-order chi connectivity index (χ0) is 19.0. The molecule has 2 heterocycles. The molecule has 1 aliphatic heterocycles. The molecule has 2 aromatic rings. The van der Waals surface area contributed by atoms with E-state index in [9.17, 15) is 14.4 Å². The number of anilines is 1. The Labute approximate surface area is 161 Å². The molecule has 3 amide bonds. The molecule has 6 nitrogen and oxygen atoms in total. The second-order valence-electron chi connectivity index (χ2n) is 8.34. The summed E-state index contributed by atoms with van der Waals surface area (Å²) >= 11 is 0. The van der Waals surface area contributed by atoms with Gasteiger partial charge in [0.25, 0.3) is 0 Å². The second kappa shape index (κ2) is 5.50. The Morgan fingerprint density at radius 1 is 1.04 bits per heavy atom. The molecule has 5 aliphatic rings. The van der Waals surface area contributed by atoms with Crippen molar-refractivity contribution in [1.29, 1.82) is 0 Å². The number of allylic oxidation sites excluding steroid dienone is 2. The number of rotatable bonds is 3. The first-order valence-corrected chi connectivity index (χ1v) is 9.80. The summed E-state index contributed by atoms with van der Waals surface area (Å²) in [6.45, 7) is -0.226. The van der Waals surface area contributed by atoms with Gasteiger partial charge in [-0.3, -0.25) is 24.3 Å². The Kier molecular flexibility index (Phi) is 3.14. The number of carbonyl (C=O) groups is 3. The van der Waals surface area contributed by atoms with E-state index in [1.807, 2.05) is 24.3 Å². The molecule has 1 saturated heterocycles. The van der Waals surface area contributed by atoms with Gasteiger partial charge in [-0.05, 0) is 54.4 Å². The van der Waals surface area contributed by atoms with Gasteiger partial charge in [0.2, 0.25) is 17.7 Å². The first-order valence-electron chi connectivity index (χ1n) is 9.80. The van der Waals surface area contributed by atoms with Crippen LogP contribution in [-0.2, 0) is 14.4 Å². The van der Waals surface area contributed by atoms with E-state index in [2.05, 4.69) is 22.5 Å². The molecule has 0 radical (unpaired) electrons. The average Bonchev–Trinajstić information content (AvgIpc) is 3.49. The molecule has 6 heteroatoms. The van der Waals surface area contributed by atoms with Crippen molar-refractivity contribution in [2.45, 2.75) is 6.42 Å². The predicted octanol–water partition coefficient (Wildman–Crippen LogP) is 2.23. The lowest BCUT2D eigenvalue weighted by molar-refractivity contribution is -0.142. The van der Waals surface area contributed by atoms with Crippen LogP contribution in [0.5, 0.6) is 0 Å². The van der Waals surface area contributed by atoms with Gasteiger partial charge in [-0.1, -0.05) is 18.2 Å². The Hall–Kier alpha value is -3.02. The minimum Gasteiger partial charge on any atom is -0.324 e. The van der Waals surface area contributed by atoms with Crippen LogP contribution in [0.15, 0.2) is 48.7 Å². The molecule has 0 unspecified atom stereocenters. The van der Waals surface area contributed by atoms with Crippen LogP contribution < -0.4 is 5.32 Å². The average molecular weight is 373 g/mol. The maximum atomic E-state index is 13.0. The molecule has 2 saturated carbocycles. The lowest BCUT2D eigenvalue weighted by atomic mass is 9.63. The minimum atomic E-state index is -0.359. The van der Waals surface area contributed by atoms with E-state index in [1.54, 1.807) is 12.3 Å². The number of aromatic nitrogens is 1. The van der Waals surface area contributed by atoms with Gasteiger partial charge in [0.15, 0.2) is 0 Å². The van der Waals surface area contributed by atoms with Gasteiger partial charge in [0.1, 0.15) is 6.54 Å². The molecule has 6 atom stereocenters. The van der Waals surface area contributed by atoms with E-state index in [0.29, 0.717) is 17.5 Å². The fourth-order valence-corrected chi connectivity index (χ4v) is 5.72. The SMILES string of the molecule is O=C(CN1C(=O)[C@@H]2[C@H]3C=C[C@@H]([C@@H]4C[C@H]34)[C@H]2C1=O)Nc1cccc2ncccc12. The summed E-state index contributed by atoms with van der Waals surface area (Å²) in [5, 5.41) is 3.68. The topological polar surface area (TPSA) is 79.4 Å². The van der Waals surface area contributed by atoms with Crippen molar-refractivity contribution >= 4 is 34.3 Å². The number of nitrogens with one attached hydrogen (secondary N) is 1. The third kappa shape index (κ3) is 2.08. The number of hydrogen-bond donors (Lipinski definition) is 1. The van der Waals surface area contributed by atoms with Crippen LogP contribution in [0.2, 0.25) is 0 Å². The number of nitrogens with zero attached hydrogens (tertiary/aromatic N) is 2. The summed E-state index contributed by atoms with van der Waals surface area (Å²) in [7, 11) is 0. The van der Waals surface area contributed by atoms with Crippen LogP contribution in [0.25, 0.3) is 10.9 Å². The van der Waals surface area contributed by atoms with E-state index in [0.717, 1.165) is 17.3 Å². The maximum Gasteiger partial charge on any atom is 0.244 e. The summed E-state index contributed by atoms with van der Waals surface area (Å²) in [5.74, 6) is 0.241. The summed E-state index contributed by atoms with van der Waals surface area (Å²) in [5.41, 5.74) is 1.41. The summed E-state index contributed by atoms with van der Waals surface area (Å²) in [6, 6.07) is 9.18. The predicted molar refractivity (Wildman–Crippen MR) is 102 cm³/mol. The van der Waals surface area contributed by atoms with Gasteiger partial charge < -0.3 is 5.32 Å². The number of fused-ring (bicyclic) bond motifs is 1. The van der Waals surface area contributed by atoms with E-state index in [1.165, 1.54) is 4.90 Å².